The van der Waals surface area contributed by atoms with Gasteiger partial charge in [-0.1, -0.05) is 0 Å². The van der Waals surface area contributed by atoms with Gasteiger partial charge in [-0.3, -0.25) is 14.7 Å². The Balaban J connectivity index is 0.000000659. The molecule has 27 heavy (non-hydrogen) atoms. The quantitative estimate of drug-likeness (QED) is 0.695. The van der Waals surface area contributed by atoms with E-state index >= 15 is 0 Å². The predicted molar refractivity (Wildman–Crippen MR) is 91.8 cm³/mol. The second kappa shape index (κ2) is 7.87. The van der Waals surface area contributed by atoms with Gasteiger partial charge in [-0.25, -0.2) is 0 Å². The van der Waals surface area contributed by atoms with Crippen molar-refractivity contribution in [3.05, 3.63) is 23.9 Å². The number of nitrogens with one attached hydrogen (secondary N) is 2. The summed E-state index contributed by atoms with van der Waals surface area (Å²) in [5, 5.41) is 17.3. The van der Waals surface area contributed by atoms with E-state index in [4.69, 9.17) is 9.90 Å². The largest absolute Gasteiger partial charge is 0.483 e. The Labute approximate surface area is 153 Å². The lowest BCUT2D eigenvalue weighted by Crippen LogP contribution is -2.44. The van der Waals surface area contributed by atoms with E-state index in [1.807, 2.05) is 0 Å². The van der Waals surface area contributed by atoms with Crippen LogP contribution < -0.4 is 10.1 Å². The summed E-state index contributed by atoms with van der Waals surface area (Å²) in [7, 11) is 2.11. The molecule has 2 heterocycles. The van der Waals surface area contributed by atoms with Crippen LogP contribution in [-0.2, 0) is 4.79 Å². The molecule has 2 bridgehead atoms. The van der Waals surface area contributed by atoms with Gasteiger partial charge in [0.25, 0.3) is 12.4 Å². The van der Waals surface area contributed by atoms with Crippen molar-refractivity contribution in [3.63, 3.8) is 0 Å². The zero-order valence-corrected chi connectivity index (χ0v) is 14.6. The number of benzene rings is 1. The molecule has 2 aromatic rings. The first-order valence-electron chi connectivity index (χ1n) is 8.44. The number of hydrogen-bond donors (Lipinski definition) is 3. The third-order valence-corrected chi connectivity index (χ3v) is 5.11. The molecule has 1 aliphatic heterocycles. The minimum absolute atomic E-state index is 0.0317. The molecule has 1 aromatic heterocycles. The molecule has 0 radical (unpaired) electrons. The number of hydrogen-bond acceptors (Lipinski definition) is 5. The van der Waals surface area contributed by atoms with Crippen LogP contribution in [0.5, 0.6) is 5.75 Å². The number of carbonyl (C=O) groups excluding carboxylic acids is 1. The molecular formula is C17H20F2N4O4. The first kappa shape index (κ1) is 19.0. The Hall–Kier alpha value is -2.75. The first-order valence-corrected chi connectivity index (χ1v) is 8.44. The molecule has 3 atom stereocenters. The maximum absolute atomic E-state index is 12.5. The normalized spacial score (nSPS) is 23.9. The number of halogens is 2. The number of H-pyrrole nitrogens is 1. The summed E-state index contributed by atoms with van der Waals surface area (Å²) in [5.41, 5.74) is 0.774. The van der Waals surface area contributed by atoms with E-state index in [0.717, 1.165) is 19.4 Å². The van der Waals surface area contributed by atoms with E-state index in [9.17, 15) is 13.6 Å². The zero-order valence-electron chi connectivity index (χ0n) is 14.6. The van der Waals surface area contributed by atoms with Crippen LogP contribution in [0.15, 0.2) is 18.2 Å². The number of nitrogens with zero attached hydrogens (tertiary/aromatic N) is 2. The maximum Gasteiger partial charge on any atom is 0.387 e. The van der Waals surface area contributed by atoms with Crippen molar-refractivity contribution in [2.24, 2.45) is 5.92 Å². The highest BCUT2D eigenvalue weighted by Crippen LogP contribution is 2.36. The highest BCUT2D eigenvalue weighted by Gasteiger charge is 2.43. The number of carbonyl (C=O) groups is 2. The van der Waals surface area contributed by atoms with Crippen molar-refractivity contribution < 1.29 is 28.2 Å². The van der Waals surface area contributed by atoms with Crippen LogP contribution in [0, 0.1) is 5.92 Å². The number of carboxylic acid groups (broad SMARTS) is 1. The van der Waals surface area contributed by atoms with Crippen LogP contribution in [0.25, 0.3) is 10.9 Å². The minimum atomic E-state index is -2.89. The minimum Gasteiger partial charge on any atom is -0.483 e. The van der Waals surface area contributed by atoms with Crippen LogP contribution in [-0.4, -0.2) is 64.9 Å². The second-order valence-electron chi connectivity index (χ2n) is 6.67. The number of aromatic amines is 1. The standard InChI is InChI=1S/C16H18F2N4O2.CH2O2/c1-22-7-8-4-9(22)5-12(8)19-15(23)14-11-3-2-10(24-16(17)18)6-13(11)20-21-14;2-1-3/h2-3,6,8-9,12,16H,4-5,7H2,1H3,(H,19,23)(H,20,21);1H,(H,2,3). The molecule has 1 aromatic carbocycles. The van der Waals surface area contributed by atoms with Gasteiger partial charge < -0.3 is 20.1 Å². The molecule has 10 heteroatoms. The Morgan fingerprint density at radius 2 is 2.22 bits per heavy atom. The third-order valence-electron chi connectivity index (χ3n) is 5.11. The van der Waals surface area contributed by atoms with Crippen molar-refractivity contribution in [2.75, 3.05) is 13.6 Å². The van der Waals surface area contributed by atoms with Crippen molar-refractivity contribution in [1.82, 2.24) is 20.4 Å². The second-order valence-corrected chi connectivity index (χ2v) is 6.67. The van der Waals surface area contributed by atoms with E-state index < -0.39 is 6.61 Å². The van der Waals surface area contributed by atoms with E-state index in [1.165, 1.54) is 12.1 Å². The van der Waals surface area contributed by atoms with E-state index in [1.54, 1.807) is 6.07 Å². The van der Waals surface area contributed by atoms with Gasteiger partial charge in [-0.2, -0.15) is 13.9 Å². The Morgan fingerprint density at radius 1 is 1.48 bits per heavy atom. The van der Waals surface area contributed by atoms with Crippen LogP contribution in [0.1, 0.15) is 23.3 Å². The molecule has 3 unspecified atom stereocenters. The topological polar surface area (TPSA) is 108 Å². The van der Waals surface area contributed by atoms with Gasteiger partial charge in [0, 0.05) is 30.1 Å². The number of rotatable bonds is 4. The lowest BCUT2D eigenvalue weighted by molar-refractivity contribution is -0.122. The average Bonchev–Trinajstić information content (AvgIpc) is 3.28. The highest BCUT2D eigenvalue weighted by molar-refractivity contribution is 6.05. The fraction of sp³-hybridized carbons (Fsp3) is 0.471. The number of fused-ring (bicyclic) bond motifs is 3. The summed E-state index contributed by atoms with van der Waals surface area (Å²) in [6, 6.07) is 5.11. The van der Waals surface area contributed by atoms with Gasteiger partial charge in [-0.15, -0.1) is 0 Å². The Bertz CT molecular complexity index is 826. The average molecular weight is 382 g/mol. The number of alkyl halides is 2. The Morgan fingerprint density at radius 3 is 2.81 bits per heavy atom. The molecule has 0 spiro atoms. The fourth-order valence-electron chi connectivity index (χ4n) is 3.94. The van der Waals surface area contributed by atoms with Crippen molar-refractivity contribution >= 4 is 23.3 Å². The van der Waals surface area contributed by atoms with Gasteiger partial charge in [0.1, 0.15) is 5.75 Å². The predicted octanol–water partition coefficient (Wildman–Crippen LogP) is 1.69. The van der Waals surface area contributed by atoms with Gasteiger partial charge in [0.2, 0.25) is 0 Å². The molecule has 146 valence electrons. The van der Waals surface area contributed by atoms with Crippen LogP contribution in [0.4, 0.5) is 8.78 Å². The van der Waals surface area contributed by atoms with E-state index in [-0.39, 0.29) is 29.9 Å². The smallest absolute Gasteiger partial charge is 0.387 e. The van der Waals surface area contributed by atoms with Crippen molar-refractivity contribution in [2.45, 2.75) is 31.5 Å². The molecule has 2 aliphatic rings. The number of amides is 1. The Kier molecular flexibility index (Phi) is 5.54. The monoisotopic (exact) mass is 382 g/mol. The summed E-state index contributed by atoms with van der Waals surface area (Å²) in [5.74, 6) is 0.286. The molecule has 2 fully saturated rings. The number of ether oxygens (including phenoxy) is 1. The maximum atomic E-state index is 12.5. The highest BCUT2D eigenvalue weighted by atomic mass is 19.3. The van der Waals surface area contributed by atoms with Crippen LogP contribution in [0.3, 0.4) is 0 Å². The van der Waals surface area contributed by atoms with Gasteiger partial charge in [0.05, 0.1) is 5.52 Å². The molecule has 1 saturated carbocycles. The number of piperidine rings is 1. The van der Waals surface area contributed by atoms with E-state index in [2.05, 4.69) is 32.2 Å². The van der Waals surface area contributed by atoms with Gasteiger partial charge in [-0.05, 0) is 37.9 Å². The molecule has 3 N–H and O–H groups in total. The number of aromatic nitrogens is 2. The van der Waals surface area contributed by atoms with Crippen LogP contribution in [0.2, 0.25) is 0 Å². The molecule has 1 saturated heterocycles. The lowest BCUT2D eigenvalue weighted by Gasteiger charge is -2.28. The van der Waals surface area contributed by atoms with Crippen LogP contribution >= 0.6 is 0 Å². The summed E-state index contributed by atoms with van der Waals surface area (Å²) in [6.45, 7) is -2.13. The molecule has 4 rings (SSSR count). The van der Waals surface area contributed by atoms with Crippen molar-refractivity contribution in [3.8, 4) is 5.75 Å². The lowest BCUT2D eigenvalue weighted by atomic mass is 10.0. The summed E-state index contributed by atoms with van der Waals surface area (Å²) < 4.78 is 28.9. The third kappa shape index (κ3) is 4.00. The zero-order chi connectivity index (χ0) is 19.6. The van der Waals surface area contributed by atoms with Gasteiger partial charge in [0.15, 0.2) is 5.69 Å². The van der Waals surface area contributed by atoms with Crippen molar-refractivity contribution in [1.29, 1.82) is 0 Å². The van der Waals surface area contributed by atoms with Gasteiger partial charge >= 0.3 is 6.61 Å². The first-order chi connectivity index (χ1) is 12.9. The number of likely N-dealkylation sites (tertiary alicyclic amines) is 1. The molecule has 8 nitrogen and oxygen atoms in total. The molecular weight excluding hydrogens is 362 g/mol. The molecule has 1 amide bonds. The molecule has 1 aliphatic carbocycles. The summed E-state index contributed by atoms with van der Waals surface area (Å²) in [4.78, 5) is 23.2. The summed E-state index contributed by atoms with van der Waals surface area (Å²) in [6.07, 6.45) is 2.08. The summed E-state index contributed by atoms with van der Waals surface area (Å²) >= 11 is 0. The van der Waals surface area contributed by atoms with E-state index in [0.29, 0.717) is 22.9 Å². The fourth-order valence-corrected chi connectivity index (χ4v) is 3.94. The SMILES string of the molecule is CN1CC2CC1CC2NC(=O)c1n[nH]c2cc(OC(F)F)ccc12.O=CO.